The van der Waals surface area contributed by atoms with Gasteiger partial charge in [0.2, 0.25) is 5.91 Å². The first-order valence-electron chi connectivity index (χ1n) is 9.01. The molecule has 0 unspecified atom stereocenters. The summed E-state index contributed by atoms with van der Waals surface area (Å²) in [6.45, 7) is 0.686. The Hall–Kier alpha value is -3.36. The Morgan fingerprint density at radius 3 is 2.68 bits per heavy atom. The number of esters is 1. The topological polar surface area (TPSA) is 129 Å². The van der Waals surface area contributed by atoms with E-state index in [4.69, 9.17) is 4.74 Å². The van der Waals surface area contributed by atoms with Crippen molar-refractivity contribution < 1.29 is 23.9 Å². The molecule has 0 spiro atoms. The summed E-state index contributed by atoms with van der Waals surface area (Å²) in [7, 11) is 0. The molecule has 0 aliphatic heterocycles. The number of ether oxygens (including phenoxy) is 1. The van der Waals surface area contributed by atoms with Gasteiger partial charge >= 0.3 is 12.0 Å². The number of aromatic amines is 1. The molecule has 4 amide bonds. The van der Waals surface area contributed by atoms with Crippen LogP contribution in [0.1, 0.15) is 25.3 Å². The standard InChI is InChI=1S/C19H22N4O5/c1-11(24)21-16(8-12-9-20-15-5-3-2-4-14(12)15)18(26)28-10-17(25)23-19(27)22-13-6-7-13/h2-5,9,13,16,20H,6-8,10H2,1H3,(H,21,24)(H2,22,23,25,27)/t16-/m0/s1. The van der Waals surface area contributed by atoms with Gasteiger partial charge < -0.3 is 20.4 Å². The molecule has 0 saturated heterocycles. The zero-order valence-corrected chi connectivity index (χ0v) is 15.4. The minimum absolute atomic E-state index is 0.107. The van der Waals surface area contributed by atoms with E-state index in [0.29, 0.717) is 0 Å². The first-order valence-corrected chi connectivity index (χ1v) is 9.01. The summed E-state index contributed by atoms with van der Waals surface area (Å²) in [5, 5.41) is 8.17. The van der Waals surface area contributed by atoms with Crippen molar-refractivity contribution in [1.29, 1.82) is 0 Å². The lowest BCUT2D eigenvalue weighted by Crippen LogP contribution is -2.45. The van der Waals surface area contributed by atoms with E-state index in [1.54, 1.807) is 6.20 Å². The van der Waals surface area contributed by atoms with Crippen molar-refractivity contribution >= 4 is 34.7 Å². The fourth-order valence-electron chi connectivity index (χ4n) is 2.81. The number of imide groups is 1. The summed E-state index contributed by atoms with van der Waals surface area (Å²) < 4.78 is 4.99. The molecule has 4 N–H and O–H groups in total. The van der Waals surface area contributed by atoms with Crippen LogP contribution in [0.4, 0.5) is 4.79 Å². The van der Waals surface area contributed by atoms with Crippen LogP contribution in [0, 0.1) is 0 Å². The molecule has 3 rings (SSSR count). The average Bonchev–Trinajstić information content (AvgIpc) is 3.37. The minimum Gasteiger partial charge on any atom is -0.454 e. The first-order chi connectivity index (χ1) is 13.4. The van der Waals surface area contributed by atoms with Crippen LogP contribution in [0.5, 0.6) is 0 Å². The van der Waals surface area contributed by atoms with Crippen molar-refractivity contribution in [1.82, 2.24) is 20.9 Å². The second-order valence-electron chi connectivity index (χ2n) is 6.72. The molecule has 1 aliphatic carbocycles. The molecule has 9 nitrogen and oxygen atoms in total. The number of hydrogen-bond donors (Lipinski definition) is 4. The Balaban J connectivity index is 1.57. The molecule has 1 aliphatic rings. The van der Waals surface area contributed by atoms with E-state index in [2.05, 4.69) is 20.9 Å². The maximum Gasteiger partial charge on any atom is 0.329 e. The molecular formula is C19H22N4O5. The Labute approximate surface area is 161 Å². The Kier molecular flexibility index (Phi) is 5.93. The zero-order valence-electron chi connectivity index (χ0n) is 15.4. The van der Waals surface area contributed by atoms with Gasteiger partial charge in [-0.25, -0.2) is 9.59 Å². The number of benzene rings is 1. The van der Waals surface area contributed by atoms with Crippen LogP contribution in [0.15, 0.2) is 30.5 Å². The second kappa shape index (κ2) is 8.55. The molecule has 0 bridgehead atoms. The van der Waals surface area contributed by atoms with Gasteiger partial charge in [0.1, 0.15) is 6.04 Å². The molecule has 2 aromatic rings. The number of carbonyl (C=O) groups is 4. The summed E-state index contributed by atoms with van der Waals surface area (Å²) in [6, 6.07) is 6.12. The molecule has 1 saturated carbocycles. The maximum absolute atomic E-state index is 12.4. The highest BCUT2D eigenvalue weighted by atomic mass is 16.5. The molecule has 0 radical (unpaired) electrons. The van der Waals surface area contributed by atoms with E-state index in [1.807, 2.05) is 24.3 Å². The monoisotopic (exact) mass is 386 g/mol. The van der Waals surface area contributed by atoms with Crippen LogP contribution < -0.4 is 16.0 Å². The fourth-order valence-corrected chi connectivity index (χ4v) is 2.81. The van der Waals surface area contributed by atoms with Crippen LogP contribution >= 0.6 is 0 Å². The molecular weight excluding hydrogens is 364 g/mol. The number of para-hydroxylation sites is 1. The molecule has 1 aromatic carbocycles. The minimum atomic E-state index is -0.954. The summed E-state index contributed by atoms with van der Waals surface area (Å²) >= 11 is 0. The Morgan fingerprint density at radius 2 is 1.96 bits per heavy atom. The molecule has 148 valence electrons. The third-order valence-corrected chi connectivity index (χ3v) is 4.27. The smallest absolute Gasteiger partial charge is 0.329 e. The van der Waals surface area contributed by atoms with Crippen molar-refractivity contribution in [3.63, 3.8) is 0 Å². The third kappa shape index (κ3) is 5.32. The largest absolute Gasteiger partial charge is 0.454 e. The van der Waals surface area contributed by atoms with Crippen LogP contribution in [-0.4, -0.2) is 47.5 Å². The molecule has 1 fully saturated rings. The lowest BCUT2D eigenvalue weighted by atomic mass is 10.0. The van der Waals surface area contributed by atoms with Crippen LogP contribution in [0.2, 0.25) is 0 Å². The Morgan fingerprint density at radius 1 is 1.21 bits per heavy atom. The van der Waals surface area contributed by atoms with Crippen LogP contribution in [0.3, 0.4) is 0 Å². The van der Waals surface area contributed by atoms with Crippen molar-refractivity contribution in [2.45, 2.75) is 38.3 Å². The van der Waals surface area contributed by atoms with Gasteiger partial charge in [0.25, 0.3) is 5.91 Å². The van der Waals surface area contributed by atoms with E-state index < -0.39 is 36.5 Å². The van der Waals surface area contributed by atoms with Gasteiger partial charge in [0, 0.05) is 36.5 Å². The second-order valence-corrected chi connectivity index (χ2v) is 6.72. The van der Waals surface area contributed by atoms with Gasteiger partial charge in [-0.3, -0.25) is 14.9 Å². The number of aromatic nitrogens is 1. The molecule has 1 atom stereocenters. The van der Waals surface area contributed by atoms with Crippen molar-refractivity contribution in [3.05, 3.63) is 36.0 Å². The number of amides is 4. The normalized spacial score (nSPS) is 14.2. The van der Waals surface area contributed by atoms with E-state index >= 15 is 0 Å². The highest BCUT2D eigenvalue weighted by Gasteiger charge is 2.26. The number of carbonyl (C=O) groups excluding carboxylic acids is 4. The number of urea groups is 1. The quantitative estimate of drug-likeness (QED) is 0.522. The highest BCUT2D eigenvalue weighted by Crippen LogP contribution is 2.19. The number of hydrogen-bond acceptors (Lipinski definition) is 5. The lowest BCUT2D eigenvalue weighted by Gasteiger charge is -2.16. The van der Waals surface area contributed by atoms with Gasteiger partial charge in [0.05, 0.1) is 0 Å². The van der Waals surface area contributed by atoms with E-state index in [0.717, 1.165) is 29.3 Å². The Bertz CT molecular complexity index is 903. The van der Waals surface area contributed by atoms with Gasteiger partial charge in [-0.2, -0.15) is 0 Å². The molecule has 1 heterocycles. The predicted molar refractivity (Wildman–Crippen MR) is 100 cm³/mol. The molecule has 9 heteroatoms. The van der Waals surface area contributed by atoms with Gasteiger partial charge in [-0.15, -0.1) is 0 Å². The summed E-state index contributed by atoms with van der Waals surface area (Å²) in [5.74, 6) is -1.88. The van der Waals surface area contributed by atoms with Crippen LogP contribution in [0.25, 0.3) is 10.9 Å². The highest BCUT2D eigenvalue weighted by molar-refractivity contribution is 5.96. The third-order valence-electron chi connectivity index (χ3n) is 4.27. The average molecular weight is 386 g/mol. The number of rotatable bonds is 7. The SMILES string of the molecule is CC(=O)N[C@@H](Cc1c[nH]c2ccccc12)C(=O)OCC(=O)NC(=O)NC1CC1. The molecule has 1 aromatic heterocycles. The van der Waals surface area contributed by atoms with Crippen molar-refractivity contribution in [2.24, 2.45) is 0 Å². The maximum atomic E-state index is 12.4. The van der Waals surface area contributed by atoms with Crippen molar-refractivity contribution in [2.75, 3.05) is 6.61 Å². The predicted octanol–water partition coefficient (Wildman–Crippen LogP) is 0.747. The summed E-state index contributed by atoms with van der Waals surface area (Å²) in [6.07, 6.45) is 3.75. The van der Waals surface area contributed by atoms with Gasteiger partial charge in [-0.1, -0.05) is 18.2 Å². The fraction of sp³-hybridized carbons (Fsp3) is 0.368. The first kappa shape index (κ1) is 19.4. The van der Waals surface area contributed by atoms with Crippen LogP contribution in [-0.2, 0) is 25.5 Å². The lowest BCUT2D eigenvalue weighted by molar-refractivity contribution is -0.151. The number of fused-ring (bicyclic) bond motifs is 1. The summed E-state index contributed by atoms with van der Waals surface area (Å²) in [4.78, 5) is 50.3. The molecule has 28 heavy (non-hydrogen) atoms. The van der Waals surface area contributed by atoms with Gasteiger partial charge in [-0.05, 0) is 24.5 Å². The zero-order chi connectivity index (χ0) is 20.1. The van der Waals surface area contributed by atoms with Gasteiger partial charge in [0.15, 0.2) is 6.61 Å². The number of nitrogens with one attached hydrogen (secondary N) is 4. The number of H-pyrrole nitrogens is 1. The van der Waals surface area contributed by atoms with Crippen molar-refractivity contribution in [3.8, 4) is 0 Å². The van der Waals surface area contributed by atoms with E-state index in [-0.39, 0.29) is 12.5 Å². The van der Waals surface area contributed by atoms with E-state index in [1.165, 1.54) is 6.92 Å². The summed E-state index contributed by atoms with van der Waals surface area (Å²) in [5.41, 5.74) is 1.74. The van der Waals surface area contributed by atoms with E-state index in [9.17, 15) is 19.2 Å².